The van der Waals surface area contributed by atoms with Gasteiger partial charge in [-0.3, -0.25) is 9.59 Å². The zero-order chi connectivity index (χ0) is 24.5. The van der Waals surface area contributed by atoms with Gasteiger partial charge in [-0.05, 0) is 38.3 Å². The molecular weight excluding hydrogens is 447 g/mol. The number of aromatic nitrogens is 5. The quantitative estimate of drug-likeness (QED) is 0.477. The molecule has 3 heterocycles. The van der Waals surface area contributed by atoms with Crippen molar-refractivity contribution in [3.63, 3.8) is 0 Å². The number of aromatic amines is 1. The Hall–Kier alpha value is -3.88. The molecule has 0 saturated carbocycles. The van der Waals surface area contributed by atoms with Gasteiger partial charge in [0.05, 0.1) is 12.5 Å². The summed E-state index contributed by atoms with van der Waals surface area (Å²) in [5, 5.41) is 7.98. The van der Waals surface area contributed by atoms with Gasteiger partial charge < -0.3 is 9.88 Å². The van der Waals surface area contributed by atoms with Gasteiger partial charge in [0.15, 0.2) is 11.2 Å². The van der Waals surface area contributed by atoms with E-state index in [1.165, 1.54) is 10.7 Å². The number of hydrogen-bond acceptors (Lipinski definition) is 5. The van der Waals surface area contributed by atoms with Crippen LogP contribution in [-0.2, 0) is 11.3 Å². The lowest BCUT2D eigenvalue weighted by Crippen LogP contribution is -2.40. The molecule has 1 saturated heterocycles. The second-order valence-corrected chi connectivity index (χ2v) is 9.19. The summed E-state index contributed by atoms with van der Waals surface area (Å²) in [5.74, 6) is 0.107. The number of H-pyrrole nitrogens is 1. The highest BCUT2D eigenvalue weighted by molar-refractivity contribution is 5.83. The van der Waals surface area contributed by atoms with Gasteiger partial charge in [-0.2, -0.15) is 0 Å². The molecular formula is C26H27FN6O2. The van der Waals surface area contributed by atoms with Crippen LogP contribution >= 0.6 is 0 Å². The Balaban J connectivity index is 1.31. The molecule has 1 N–H and O–H groups in total. The third kappa shape index (κ3) is 4.58. The van der Waals surface area contributed by atoms with Gasteiger partial charge in [-0.25, -0.2) is 14.1 Å². The molecule has 2 aromatic carbocycles. The Morgan fingerprint density at radius 3 is 2.57 bits per heavy atom. The van der Waals surface area contributed by atoms with Gasteiger partial charge in [-0.15, -0.1) is 5.10 Å². The summed E-state index contributed by atoms with van der Waals surface area (Å²) in [6.45, 7) is 5.28. The number of halogens is 1. The number of aryl methyl sites for hydroxylation is 1. The van der Waals surface area contributed by atoms with E-state index in [2.05, 4.69) is 20.3 Å². The first kappa shape index (κ1) is 22.9. The SMILES string of the molecule is Cc1ccc([C@@H](C)C(=O)N2CCC(c3nc4c(nnn4Cc4ccccc4F)c(=O)[nH]3)CC2)cc1. The van der Waals surface area contributed by atoms with E-state index in [9.17, 15) is 14.0 Å². The first-order chi connectivity index (χ1) is 16.9. The summed E-state index contributed by atoms with van der Waals surface area (Å²) < 4.78 is 15.6. The molecule has 1 amide bonds. The number of piperidine rings is 1. The number of hydrogen-bond donors (Lipinski definition) is 1. The maximum atomic E-state index is 14.1. The van der Waals surface area contributed by atoms with E-state index in [0.29, 0.717) is 43.0 Å². The predicted molar refractivity (Wildman–Crippen MR) is 130 cm³/mol. The first-order valence-electron chi connectivity index (χ1n) is 11.8. The number of benzene rings is 2. The van der Waals surface area contributed by atoms with E-state index in [1.54, 1.807) is 18.2 Å². The molecule has 0 unspecified atom stereocenters. The van der Waals surface area contributed by atoms with Gasteiger partial charge in [0, 0.05) is 24.6 Å². The van der Waals surface area contributed by atoms with Crippen LogP contribution in [0.25, 0.3) is 11.2 Å². The molecule has 1 atom stereocenters. The number of fused-ring (bicyclic) bond motifs is 1. The van der Waals surface area contributed by atoms with Crippen molar-refractivity contribution >= 4 is 17.1 Å². The van der Waals surface area contributed by atoms with E-state index in [0.717, 1.165) is 11.1 Å². The summed E-state index contributed by atoms with van der Waals surface area (Å²) in [7, 11) is 0. The van der Waals surface area contributed by atoms with Gasteiger partial charge in [0.1, 0.15) is 11.6 Å². The van der Waals surface area contributed by atoms with Crippen molar-refractivity contribution in [3.05, 3.63) is 87.2 Å². The van der Waals surface area contributed by atoms with Gasteiger partial charge in [0.2, 0.25) is 5.91 Å². The number of rotatable bonds is 5. The minimum Gasteiger partial charge on any atom is -0.342 e. The van der Waals surface area contributed by atoms with Crippen LogP contribution in [0.15, 0.2) is 53.3 Å². The molecule has 8 nitrogen and oxygen atoms in total. The van der Waals surface area contributed by atoms with Crippen molar-refractivity contribution in [2.45, 2.75) is 45.1 Å². The van der Waals surface area contributed by atoms with Crippen molar-refractivity contribution in [2.75, 3.05) is 13.1 Å². The minimum atomic E-state index is -0.365. The second kappa shape index (κ2) is 9.40. The molecule has 1 fully saturated rings. The smallest absolute Gasteiger partial charge is 0.281 e. The normalized spacial score (nSPS) is 15.5. The van der Waals surface area contributed by atoms with Crippen molar-refractivity contribution in [1.29, 1.82) is 0 Å². The number of nitrogens with zero attached hydrogens (tertiary/aromatic N) is 5. The fraction of sp³-hybridized carbons (Fsp3) is 0.346. The Morgan fingerprint density at radius 2 is 1.86 bits per heavy atom. The molecule has 0 spiro atoms. The molecule has 0 radical (unpaired) electrons. The van der Waals surface area contributed by atoms with Crippen LogP contribution in [0.2, 0.25) is 0 Å². The molecule has 180 valence electrons. The van der Waals surface area contributed by atoms with Crippen molar-refractivity contribution < 1.29 is 9.18 Å². The molecule has 5 rings (SSSR count). The molecule has 35 heavy (non-hydrogen) atoms. The Kier molecular flexibility index (Phi) is 6.15. The fourth-order valence-electron chi connectivity index (χ4n) is 4.62. The lowest BCUT2D eigenvalue weighted by Gasteiger charge is -2.33. The Bertz CT molecular complexity index is 1420. The largest absolute Gasteiger partial charge is 0.342 e. The third-order valence-corrected chi connectivity index (χ3v) is 6.81. The van der Waals surface area contributed by atoms with Crippen molar-refractivity contribution in [1.82, 2.24) is 29.9 Å². The summed E-state index contributed by atoms with van der Waals surface area (Å²) in [6.07, 6.45) is 1.38. The number of carbonyl (C=O) groups excluding carboxylic acids is 1. The number of likely N-dealkylation sites (tertiary alicyclic amines) is 1. The third-order valence-electron chi connectivity index (χ3n) is 6.81. The molecule has 1 aliphatic heterocycles. The average molecular weight is 475 g/mol. The summed E-state index contributed by atoms with van der Waals surface area (Å²) in [6, 6.07) is 14.5. The fourth-order valence-corrected chi connectivity index (χ4v) is 4.62. The number of carbonyl (C=O) groups is 1. The van der Waals surface area contributed by atoms with Crippen LogP contribution in [0.5, 0.6) is 0 Å². The maximum absolute atomic E-state index is 14.1. The molecule has 0 bridgehead atoms. The van der Waals surface area contributed by atoms with E-state index in [4.69, 9.17) is 0 Å². The molecule has 9 heteroatoms. The van der Waals surface area contributed by atoms with Gasteiger partial charge in [-0.1, -0.05) is 53.2 Å². The van der Waals surface area contributed by atoms with Crippen molar-refractivity contribution in [3.8, 4) is 0 Å². The molecule has 1 aliphatic rings. The number of nitrogens with one attached hydrogen (secondary N) is 1. The van der Waals surface area contributed by atoms with E-state index in [-0.39, 0.29) is 41.2 Å². The zero-order valence-electron chi connectivity index (χ0n) is 19.7. The maximum Gasteiger partial charge on any atom is 0.281 e. The van der Waals surface area contributed by atoms with Crippen LogP contribution in [-0.4, -0.2) is 48.9 Å². The average Bonchev–Trinajstić information content (AvgIpc) is 3.28. The summed E-state index contributed by atoms with van der Waals surface area (Å²) in [5.41, 5.74) is 2.71. The minimum absolute atomic E-state index is 0.00245. The van der Waals surface area contributed by atoms with E-state index in [1.807, 2.05) is 43.0 Å². The second-order valence-electron chi connectivity index (χ2n) is 9.19. The molecule has 2 aromatic heterocycles. The van der Waals surface area contributed by atoms with E-state index < -0.39 is 0 Å². The van der Waals surface area contributed by atoms with Crippen molar-refractivity contribution in [2.24, 2.45) is 0 Å². The topological polar surface area (TPSA) is 96.8 Å². The van der Waals surface area contributed by atoms with Crippen LogP contribution in [0, 0.1) is 12.7 Å². The highest BCUT2D eigenvalue weighted by atomic mass is 19.1. The molecule has 4 aromatic rings. The summed E-state index contributed by atoms with van der Waals surface area (Å²) >= 11 is 0. The first-order valence-corrected chi connectivity index (χ1v) is 11.8. The Labute approximate surface area is 201 Å². The standard InChI is InChI=1S/C26H27FN6O2/c1-16-7-9-18(10-8-16)17(2)26(35)32-13-11-19(12-14-32)23-28-24-22(25(34)29-23)30-31-33(24)15-20-5-3-4-6-21(20)27/h3-10,17,19H,11-15H2,1-2H3,(H,28,29,34)/t17-/m1/s1. The molecule has 0 aliphatic carbocycles. The van der Waals surface area contributed by atoms with E-state index >= 15 is 0 Å². The highest BCUT2D eigenvalue weighted by Crippen LogP contribution is 2.28. The monoisotopic (exact) mass is 474 g/mol. The lowest BCUT2D eigenvalue weighted by atomic mass is 9.93. The van der Waals surface area contributed by atoms with Crippen LogP contribution in [0.3, 0.4) is 0 Å². The zero-order valence-corrected chi connectivity index (χ0v) is 19.7. The number of amides is 1. The Morgan fingerprint density at radius 1 is 1.14 bits per heavy atom. The van der Waals surface area contributed by atoms with Crippen LogP contribution in [0.1, 0.15) is 54.1 Å². The van der Waals surface area contributed by atoms with Crippen LogP contribution < -0.4 is 5.56 Å². The highest BCUT2D eigenvalue weighted by Gasteiger charge is 2.29. The van der Waals surface area contributed by atoms with Crippen LogP contribution in [0.4, 0.5) is 4.39 Å². The predicted octanol–water partition coefficient (Wildman–Crippen LogP) is 3.52. The van der Waals surface area contributed by atoms with Gasteiger partial charge in [0.25, 0.3) is 5.56 Å². The lowest BCUT2D eigenvalue weighted by molar-refractivity contribution is -0.133. The van der Waals surface area contributed by atoms with Gasteiger partial charge >= 0.3 is 0 Å². The summed E-state index contributed by atoms with van der Waals surface area (Å²) in [4.78, 5) is 35.1.